The van der Waals surface area contributed by atoms with Crippen LogP contribution in [-0.2, 0) is 11.3 Å². The molecule has 0 aliphatic carbocycles. The van der Waals surface area contributed by atoms with E-state index in [1.54, 1.807) is 6.92 Å². The van der Waals surface area contributed by atoms with Gasteiger partial charge in [0.1, 0.15) is 5.02 Å². The summed E-state index contributed by atoms with van der Waals surface area (Å²) in [6.07, 6.45) is 0.504. The molecule has 1 N–H and O–H groups in total. The molecule has 0 aromatic heterocycles. The Bertz CT molecular complexity index is 608. The first kappa shape index (κ1) is 16.0. The van der Waals surface area contributed by atoms with Crippen molar-refractivity contribution in [3.05, 3.63) is 37.9 Å². The van der Waals surface area contributed by atoms with Gasteiger partial charge in [-0.15, -0.1) is 0 Å². The lowest BCUT2D eigenvalue weighted by atomic mass is 9.90. The molecule has 1 unspecified atom stereocenters. The molecule has 0 amide bonds. The van der Waals surface area contributed by atoms with Gasteiger partial charge < -0.3 is 5.11 Å². The number of carboxylic acids is 1. The molecule has 1 aliphatic rings. The van der Waals surface area contributed by atoms with Crippen LogP contribution in [0.5, 0.6) is 0 Å². The summed E-state index contributed by atoms with van der Waals surface area (Å²) in [4.78, 5) is 23.7. The van der Waals surface area contributed by atoms with E-state index in [9.17, 15) is 20.0 Å². The van der Waals surface area contributed by atoms with Crippen LogP contribution in [0.1, 0.15) is 18.9 Å². The molecule has 0 radical (unpaired) electrons. The van der Waals surface area contributed by atoms with Crippen LogP contribution in [-0.4, -0.2) is 34.0 Å². The highest BCUT2D eigenvalue weighted by molar-refractivity contribution is 6.36. The first-order chi connectivity index (χ1) is 9.73. The minimum atomic E-state index is -0.858. The second-order valence-corrected chi connectivity index (χ2v) is 6.32. The third-order valence-electron chi connectivity index (χ3n) is 3.75. The number of aliphatic carboxylic acids is 1. The molecule has 8 heteroatoms. The molecule has 0 saturated carbocycles. The van der Waals surface area contributed by atoms with Gasteiger partial charge in [0.05, 0.1) is 10.3 Å². The van der Waals surface area contributed by atoms with Crippen molar-refractivity contribution in [2.45, 2.75) is 19.9 Å². The lowest BCUT2D eigenvalue weighted by Crippen LogP contribution is -2.31. The van der Waals surface area contributed by atoms with Crippen molar-refractivity contribution in [1.82, 2.24) is 4.90 Å². The van der Waals surface area contributed by atoms with Crippen molar-refractivity contribution >= 4 is 34.9 Å². The summed E-state index contributed by atoms with van der Waals surface area (Å²) in [6.45, 7) is 2.82. The maximum absolute atomic E-state index is 11.2. The first-order valence-electron chi connectivity index (χ1n) is 6.31. The van der Waals surface area contributed by atoms with E-state index in [0.717, 1.165) is 0 Å². The average Bonchev–Trinajstić information content (AvgIpc) is 2.70. The predicted molar refractivity (Wildman–Crippen MR) is 78.8 cm³/mol. The van der Waals surface area contributed by atoms with E-state index in [1.165, 1.54) is 12.1 Å². The fraction of sp³-hybridized carbons (Fsp3) is 0.462. The molecule has 1 heterocycles. The molecule has 1 fully saturated rings. The summed E-state index contributed by atoms with van der Waals surface area (Å²) in [5, 5.41) is 20.6. The number of rotatable bonds is 4. The molecule has 1 aromatic rings. The van der Waals surface area contributed by atoms with Gasteiger partial charge in [0.15, 0.2) is 0 Å². The van der Waals surface area contributed by atoms with Crippen LogP contribution in [0.4, 0.5) is 5.69 Å². The summed E-state index contributed by atoms with van der Waals surface area (Å²) < 4.78 is 0. The van der Waals surface area contributed by atoms with Gasteiger partial charge in [-0.1, -0.05) is 23.2 Å². The van der Waals surface area contributed by atoms with E-state index < -0.39 is 16.3 Å². The maximum atomic E-state index is 11.2. The molecule has 1 aliphatic heterocycles. The Kier molecular flexibility index (Phi) is 4.41. The zero-order valence-electron chi connectivity index (χ0n) is 11.3. The molecule has 0 bridgehead atoms. The summed E-state index contributed by atoms with van der Waals surface area (Å²) in [5.41, 5.74) is -0.603. The van der Waals surface area contributed by atoms with E-state index in [2.05, 4.69) is 0 Å². The fourth-order valence-corrected chi connectivity index (χ4v) is 3.16. The Hall–Kier alpha value is -1.37. The van der Waals surface area contributed by atoms with Gasteiger partial charge in [-0.25, -0.2) is 0 Å². The quantitative estimate of drug-likeness (QED) is 0.676. The smallest absolute Gasteiger partial charge is 0.310 e. The van der Waals surface area contributed by atoms with Crippen molar-refractivity contribution < 1.29 is 14.8 Å². The summed E-state index contributed by atoms with van der Waals surface area (Å²) in [7, 11) is 0. The van der Waals surface area contributed by atoms with Gasteiger partial charge in [0.2, 0.25) is 0 Å². The molecule has 0 spiro atoms. The molecular weight excluding hydrogens is 319 g/mol. The van der Waals surface area contributed by atoms with E-state index in [0.29, 0.717) is 30.1 Å². The maximum Gasteiger partial charge on any atom is 0.310 e. The van der Waals surface area contributed by atoms with Crippen LogP contribution < -0.4 is 0 Å². The third-order valence-corrected chi connectivity index (χ3v) is 4.26. The number of carbonyl (C=O) groups is 1. The Morgan fingerprint density at radius 1 is 1.52 bits per heavy atom. The number of benzene rings is 1. The van der Waals surface area contributed by atoms with Gasteiger partial charge in [0, 0.05) is 23.7 Å². The zero-order chi connectivity index (χ0) is 15.8. The highest BCUT2D eigenvalue weighted by Crippen LogP contribution is 2.36. The SMILES string of the molecule is CC1(C(=O)O)CCN(Cc2cc(Cl)cc(Cl)c2[N+](=O)[O-])C1. The molecule has 114 valence electrons. The molecule has 2 rings (SSSR count). The van der Waals surface area contributed by atoms with E-state index >= 15 is 0 Å². The minimum Gasteiger partial charge on any atom is -0.481 e. The number of carboxylic acid groups (broad SMARTS) is 1. The highest BCUT2D eigenvalue weighted by atomic mass is 35.5. The number of hydrogen-bond donors (Lipinski definition) is 1. The molecule has 1 saturated heterocycles. The average molecular weight is 333 g/mol. The van der Waals surface area contributed by atoms with Gasteiger partial charge in [-0.2, -0.15) is 0 Å². The van der Waals surface area contributed by atoms with Crippen LogP contribution >= 0.6 is 23.2 Å². The Morgan fingerprint density at radius 3 is 2.71 bits per heavy atom. The Labute approximate surface area is 131 Å². The number of nitrogens with zero attached hydrogens (tertiary/aromatic N) is 2. The largest absolute Gasteiger partial charge is 0.481 e. The Balaban J connectivity index is 2.25. The van der Waals surface area contributed by atoms with Gasteiger partial charge >= 0.3 is 5.97 Å². The van der Waals surface area contributed by atoms with Crippen LogP contribution in [0.15, 0.2) is 12.1 Å². The van der Waals surface area contributed by atoms with E-state index in [-0.39, 0.29) is 17.3 Å². The van der Waals surface area contributed by atoms with Crippen molar-refractivity contribution in [1.29, 1.82) is 0 Å². The van der Waals surface area contributed by atoms with Crippen LogP contribution in [0, 0.1) is 15.5 Å². The topological polar surface area (TPSA) is 83.7 Å². The van der Waals surface area contributed by atoms with E-state index in [1.807, 2.05) is 4.90 Å². The van der Waals surface area contributed by atoms with Crippen molar-refractivity contribution in [3.8, 4) is 0 Å². The van der Waals surface area contributed by atoms with E-state index in [4.69, 9.17) is 23.2 Å². The first-order valence-corrected chi connectivity index (χ1v) is 7.06. The molecule has 21 heavy (non-hydrogen) atoms. The van der Waals surface area contributed by atoms with Gasteiger partial charge in [-0.3, -0.25) is 19.8 Å². The summed E-state index contributed by atoms with van der Waals surface area (Å²) >= 11 is 11.8. The van der Waals surface area contributed by atoms with Crippen LogP contribution in [0.2, 0.25) is 10.0 Å². The Morgan fingerprint density at radius 2 is 2.19 bits per heavy atom. The number of halogens is 2. The number of nitro groups is 1. The standard InChI is InChI=1S/C13H14Cl2N2O4/c1-13(12(18)19)2-3-16(7-13)6-8-4-9(14)5-10(15)11(8)17(20)21/h4-5H,2-3,6-7H2,1H3,(H,18,19). The molecule has 6 nitrogen and oxygen atoms in total. The minimum absolute atomic E-state index is 0.0114. The fourth-order valence-electron chi connectivity index (χ4n) is 2.55. The lowest BCUT2D eigenvalue weighted by Gasteiger charge is -2.20. The summed E-state index contributed by atoms with van der Waals surface area (Å²) in [6, 6.07) is 2.83. The van der Waals surface area contributed by atoms with Gasteiger partial charge in [-0.05, 0) is 32.0 Å². The second-order valence-electron chi connectivity index (χ2n) is 5.48. The number of likely N-dealkylation sites (tertiary alicyclic amines) is 1. The van der Waals surface area contributed by atoms with Crippen LogP contribution in [0.3, 0.4) is 0 Å². The normalized spacial score (nSPS) is 22.4. The highest BCUT2D eigenvalue weighted by Gasteiger charge is 2.40. The summed E-state index contributed by atoms with van der Waals surface area (Å²) in [5.74, 6) is -0.858. The van der Waals surface area contributed by atoms with Crippen molar-refractivity contribution in [2.75, 3.05) is 13.1 Å². The van der Waals surface area contributed by atoms with Crippen molar-refractivity contribution in [2.24, 2.45) is 5.41 Å². The third kappa shape index (κ3) is 3.28. The monoisotopic (exact) mass is 332 g/mol. The van der Waals surface area contributed by atoms with Crippen LogP contribution in [0.25, 0.3) is 0 Å². The molecule has 1 atom stereocenters. The van der Waals surface area contributed by atoms with Gasteiger partial charge in [0.25, 0.3) is 5.69 Å². The molecular formula is C13H14Cl2N2O4. The second kappa shape index (κ2) is 5.79. The lowest BCUT2D eigenvalue weighted by molar-refractivity contribution is -0.385. The molecule has 1 aromatic carbocycles. The number of nitro benzene ring substituents is 1. The van der Waals surface area contributed by atoms with Crippen molar-refractivity contribution in [3.63, 3.8) is 0 Å². The predicted octanol–water partition coefficient (Wildman–Crippen LogP) is 3.20. The zero-order valence-corrected chi connectivity index (χ0v) is 12.8. The number of hydrogen-bond acceptors (Lipinski definition) is 4.